The summed E-state index contributed by atoms with van der Waals surface area (Å²) in [5.41, 5.74) is 0.721. The van der Waals surface area contributed by atoms with E-state index >= 15 is 0 Å². The lowest BCUT2D eigenvalue weighted by Crippen LogP contribution is -2.06. The fourth-order valence-corrected chi connectivity index (χ4v) is 1.18. The Kier molecular flexibility index (Phi) is 4.76. The third-order valence-corrected chi connectivity index (χ3v) is 1.96. The third kappa shape index (κ3) is 4.77. The Bertz CT molecular complexity index is 335. The van der Waals surface area contributed by atoms with Crippen LogP contribution in [0.15, 0.2) is 24.3 Å². The van der Waals surface area contributed by atoms with Gasteiger partial charge in [-0.25, -0.2) is 4.39 Å². The van der Waals surface area contributed by atoms with Crippen LogP contribution in [0, 0.1) is 0 Å². The highest BCUT2D eigenvalue weighted by Crippen LogP contribution is 2.16. The number of halogens is 1. The first-order chi connectivity index (χ1) is 7.58. The molecule has 1 aromatic rings. The Morgan fingerprint density at radius 3 is 2.56 bits per heavy atom. The predicted octanol–water partition coefficient (Wildman–Crippen LogP) is 2.77. The number of carbonyl (C=O) groups is 1. The van der Waals surface area contributed by atoms with Crippen LogP contribution in [0.25, 0.3) is 0 Å². The van der Waals surface area contributed by atoms with Crippen molar-refractivity contribution < 1.29 is 13.9 Å². The van der Waals surface area contributed by atoms with Crippen molar-refractivity contribution in [2.75, 3.05) is 11.9 Å². The molecule has 0 aliphatic heterocycles. The summed E-state index contributed by atoms with van der Waals surface area (Å²) in [5.74, 6) is 0.565. The van der Waals surface area contributed by atoms with Crippen molar-refractivity contribution >= 4 is 11.6 Å². The molecule has 3 nitrogen and oxygen atoms in total. The molecule has 1 N–H and O–H groups in total. The first-order valence-corrected chi connectivity index (χ1v) is 5.22. The lowest BCUT2D eigenvalue weighted by atomic mass is 10.3. The van der Waals surface area contributed by atoms with Gasteiger partial charge in [0.25, 0.3) is 0 Å². The molecule has 0 heterocycles. The van der Waals surface area contributed by atoms with Gasteiger partial charge in [-0.2, -0.15) is 0 Å². The Balaban J connectivity index is 2.42. The van der Waals surface area contributed by atoms with Crippen molar-refractivity contribution in [2.24, 2.45) is 0 Å². The summed E-state index contributed by atoms with van der Waals surface area (Å²) in [6.07, 6.45) is -0.466. The zero-order valence-electron chi connectivity index (χ0n) is 9.50. The number of rotatable bonds is 5. The number of benzene rings is 1. The highest BCUT2D eigenvalue weighted by Gasteiger charge is 2.00. The van der Waals surface area contributed by atoms with Crippen LogP contribution in [0.5, 0.6) is 5.75 Å². The minimum atomic E-state index is -0.848. The highest BCUT2D eigenvalue weighted by molar-refractivity contribution is 5.88. The molecule has 1 atom stereocenters. The molecule has 0 saturated carbocycles. The van der Waals surface area contributed by atoms with Gasteiger partial charge in [0.05, 0.1) is 6.61 Å². The SMILES string of the molecule is CC(=O)Nc1ccc(OCCC(C)F)cc1. The molecular weight excluding hydrogens is 209 g/mol. The van der Waals surface area contributed by atoms with Crippen LogP contribution in [-0.4, -0.2) is 18.7 Å². The second-order valence-electron chi connectivity index (χ2n) is 3.62. The monoisotopic (exact) mass is 225 g/mol. The van der Waals surface area contributed by atoms with Crippen molar-refractivity contribution in [3.8, 4) is 5.75 Å². The second-order valence-corrected chi connectivity index (χ2v) is 3.62. The largest absolute Gasteiger partial charge is 0.493 e. The lowest BCUT2D eigenvalue weighted by molar-refractivity contribution is -0.114. The van der Waals surface area contributed by atoms with Gasteiger partial charge in [-0.05, 0) is 31.2 Å². The number of nitrogens with one attached hydrogen (secondary N) is 1. The van der Waals surface area contributed by atoms with Crippen molar-refractivity contribution in [2.45, 2.75) is 26.4 Å². The van der Waals surface area contributed by atoms with Crippen LogP contribution in [0.2, 0.25) is 0 Å². The van der Waals surface area contributed by atoms with E-state index in [9.17, 15) is 9.18 Å². The van der Waals surface area contributed by atoms with Gasteiger partial charge < -0.3 is 10.1 Å². The third-order valence-electron chi connectivity index (χ3n) is 1.96. The Labute approximate surface area is 94.6 Å². The lowest BCUT2D eigenvalue weighted by Gasteiger charge is -2.07. The number of amides is 1. The van der Waals surface area contributed by atoms with Gasteiger partial charge in [-0.1, -0.05) is 0 Å². The Hall–Kier alpha value is -1.58. The van der Waals surface area contributed by atoms with E-state index in [-0.39, 0.29) is 5.91 Å². The van der Waals surface area contributed by atoms with E-state index in [1.165, 1.54) is 13.8 Å². The molecule has 0 aliphatic carbocycles. The molecule has 0 aromatic heterocycles. The van der Waals surface area contributed by atoms with Gasteiger partial charge in [-0.15, -0.1) is 0 Å². The van der Waals surface area contributed by atoms with E-state index in [0.717, 1.165) is 5.69 Å². The van der Waals surface area contributed by atoms with Crippen molar-refractivity contribution in [3.63, 3.8) is 0 Å². The average molecular weight is 225 g/mol. The average Bonchev–Trinajstić information content (AvgIpc) is 2.19. The summed E-state index contributed by atoms with van der Waals surface area (Å²) < 4.78 is 17.8. The van der Waals surface area contributed by atoms with E-state index < -0.39 is 6.17 Å². The fourth-order valence-electron chi connectivity index (χ4n) is 1.18. The molecule has 0 bridgehead atoms. The smallest absolute Gasteiger partial charge is 0.221 e. The fraction of sp³-hybridized carbons (Fsp3) is 0.417. The van der Waals surface area contributed by atoms with Gasteiger partial charge in [0.2, 0.25) is 5.91 Å². The number of hydrogen-bond donors (Lipinski definition) is 1. The van der Waals surface area contributed by atoms with Crippen LogP contribution in [0.1, 0.15) is 20.3 Å². The topological polar surface area (TPSA) is 38.3 Å². The molecule has 0 saturated heterocycles. The summed E-state index contributed by atoms with van der Waals surface area (Å²) in [7, 11) is 0. The molecule has 0 aliphatic rings. The van der Waals surface area contributed by atoms with Gasteiger partial charge in [0.15, 0.2) is 0 Å². The maximum Gasteiger partial charge on any atom is 0.221 e. The maximum atomic E-state index is 12.5. The maximum absolute atomic E-state index is 12.5. The quantitative estimate of drug-likeness (QED) is 0.836. The predicted molar refractivity (Wildman–Crippen MR) is 61.4 cm³/mol. The van der Waals surface area contributed by atoms with Crippen LogP contribution in [-0.2, 0) is 4.79 Å². The van der Waals surface area contributed by atoms with E-state index in [1.54, 1.807) is 24.3 Å². The molecule has 16 heavy (non-hydrogen) atoms. The van der Waals surface area contributed by atoms with E-state index in [4.69, 9.17) is 4.74 Å². The number of alkyl halides is 1. The molecule has 1 unspecified atom stereocenters. The van der Waals surface area contributed by atoms with Crippen LogP contribution < -0.4 is 10.1 Å². The summed E-state index contributed by atoms with van der Waals surface area (Å²) >= 11 is 0. The Morgan fingerprint density at radius 2 is 2.06 bits per heavy atom. The first-order valence-electron chi connectivity index (χ1n) is 5.22. The summed E-state index contributed by atoms with van der Waals surface area (Å²) in [5, 5.41) is 2.65. The summed E-state index contributed by atoms with van der Waals surface area (Å²) in [6, 6.07) is 6.98. The van der Waals surface area contributed by atoms with Crippen molar-refractivity contribution in [1.82, 2.24) is 0 Å². The number of hydrogen-bond acceptors (Lipinski definition) is 2. The van der Waals surface area contributed by atoms with Crippen molar-refractivity contribution in [3.05, 3.63) is 24.3 Å². The van der Waals surface area contributed by atoms with E-state index in [2.05, 4.69) is 5.32 Å². The normalized spacial score (nSPS) is 11.9. The standard InChI is InChI=1S/C12H16FNO2/c1-9(13)7-8-16-12-5-3-11(4-6-12)14-10(2)15/h3-6,9H,7-8H2,1-2H3,(H,14,15). The zero-order valence-corrected chi connectivity index (χ0v) is 9.50. The first kappa shape index (κ1) is 12.5. The van der Waals surface area contributed by atoms with Gasteiger partial charge in [-0.3, -0.25) is 4.79 Å². The van der Waals surface area contributed by atoms with Crippen molar-refractivity contribution in [1.29, 1.82) is 0 Å². The molecule has 0 radical (unpaired) electrons. The molecular formula is C12H16FNO2. The second kappa shape index (κ2) is 6.10. The highest BCUT2D eigenvalue weighted by atomic mass is 19.1. The molecule has 4 heteroatoms. The van der Waals surface area contributed by atoms with Gasteiger partial charge in [0, 0.05) is 19.0 Å². The molecule has 0 fully saturated rings. The van der Waals surface area contributed by atoms with Gasteiger partial charge in [0.1, 0.15) is 11.9 Å². The van der Waals surface area contributed by atoms with E-state index in [1.807, 2.05) is 0 Å². The molecule has 0 spiro atoms. The summed E-state index contributed by atoms with van der Waals surface area (Å²) in [6.45, 7) is 3.31. The molecule has 1 aromatic carbocycles. The molecule has 1 amide bonds. The van der Waals surface area contributed by atoms with Crippen LogP contribution in [0.3, 0.4) is 0 Å². The number of ether oxygens (including phenoxy) is 1. The summed E-state index contributed by atoms with van der Waals surface area (Å²) in [4.78, 5) is 10.8. The number of anilines is 1. The molecule has 1 rings (SSSR count). The Morgan fingerprint density at radius 1 is 1.44 bits per heavy atom. The van der Waals surface area contributed by atoms with Crippen LogP contribution >= 0.6 is 0 Å². The number of carbonyl (C=O) groups excluding carboxylic acids is 1. The van der Waals surface area contributed by atoms with Gasteiger partial charge >= 0.3 is 0 Å². The van der Waals surface area contributed by atoms with E-state index in [0.29, 0.717) is 18.8 Å². The van der Waals surface area contributed by atoms with Crippen LogP contribution in [0.4, 0.5) is 10.1 Å². The minimum absolute atomic E-state index is 0.111. The zero-order chi connectivity index (χ0) is 12.0. The molecule has 88 valence electrons. The minimum Gasteiger partial charge on any atom is -0.493 e.